The molecule has 0 aliphatic heterocycles. The lowest BCUT2D eigenvalue weighted by Crippen LogP contribution is -2.29. The van der Waals surface area contributed by atoms with Gasteiger partial charge in [-0.2, -0.15) is 5.10 Å². The summed E-state index contributed by atoms with van der Waals surface area (Å²) >= 11 is 0. The molecule has 20 heavy (non-hydrogen) atoms. The van der Waals surface area contributed by atoms with Gasteiger partial charge in [-0.15, -0.1) is 0 Å². The molecule has 0 fully saturated rings. The summed E-state index contributed by atoms with van der Waals surface area (Å²) in [6.45, 7) is 3.01. The van der Waals surface area contributed by atoms with E-state index in [-0.39, 0.29) is 5.69 Å². The largest absolute Gasteiger partial charge is 0.343 e. The van der Waals surface area contributed by atoms with Crippen LogP contribution in [0.15, 0.2) is 35.1 Å². The molecule has 1 atom stereocenters. The fourth-order valence-electron chi connectivity index (χ4n) is 2.16. The highest BCUT2D eigenvalue weighted by Gasteiger charge is 2.05. The fourth-order valence-corrected chi connectivity index (χ4v) is 2.16. The van der Waals surface area contributed by atoms with Crippen molar-refractivity contribution in [1.29, 1.82) is 0 Å². The van der Waals surface area contributed by atoms with Gasteiger partial charge in [0, 0.05) is 26.1 Å². The summed E-state index contributed by atoms with van der Waals surface area (Å²) in [4.78, 5) is 11.2. The minimum absolute atomic E-state index is 0.155. The van der Waals surface area contributed by atoms with Crippen LogP contribution in [0.1, 0.15) is 24.7 Å². The van der Waals surface area contributed by atoms with Crippen LogP contribution in [-0.2, 0) is 19.9 Å². The van der Waals surface area contributed by atoms with Crippen molar-refractivity contribution in [2.45, 2.75) is 32.2 Å². The van der Waals surface area contributed by atoms with E-state index in [4.69, 9.17) is 0 Å². The number of nitrogens with one attached hydrogen (secondary N) is 2. The first-order valence-electron chi connectivity index (χ1n) is 7.04. The second kappa shape index (κ2) is 7.05. The highest BCUT2D eigenvalue weighted by atomic mass is 16.1. The van der Waals surface area contributed by atoms with Crippen LogP contribution in [-0.4, -0.2) is 27.4 Å². The lowest BCUT2D eigenvalue weighted by atomic mass is 10.1. The molecule has 5 nitrogen and oxygen atoms in total. The van der Waals surface area contributed by atoms with Crippen LogP contribution in [0.4, 0.5) is 0 Å². The van der Waals surface area contributed by atoms with Gasteiger partial charge in [-0.3, -0.25) is 4.57 Å². The fraction of sp³-hybridized carbons (Fsp3) is 0.467. The average molecular weight is 274 g/mol. The Morgan fingerprint density at radius 1 is 1.30 bits per heavy atom. The monoisotopic (exact) mass is 274 g/mol. The minimum atomic E-state index is -0.155. The Morgan fingerprint density at radius 2 is 2.05 bits per heavy atom. The molecule has 1 aromatic heterocycles. The molecule has 0 radical (unpaired) electrons. The maximum absolute atomic E-state index is 11.2. The summed E-state index contributed by atoms with van der Waals surface area (Å²) in [7, 11) is 1.74. The Morgan fingerprint density at radius 3 is 2.70 bits per heavy atom. The van der Waals surface area contributed by atoms with Crippen LogP contribution < -0.4 is 11.0 Å². The van der Waals surface area contributed by atoms with Crippen LogP contribution in [0.2, 0.25) is 0 Å². The quantitative estimate of drug-likeness (QED) is 0.799. The Balaban J connectivity index is 1.69. The lowest BCUT2D eigenvalue weighted by molar-refractivity contribution is 0.511. The molecule has 0 saturated carbocycles. The summed E-state index contributed by atoms with van der Waals surface area (Å²) in [6.07, 6.45) is 2.93. The number of nitrogens with zero attached hydrogens (tertiary/aromatic N) is 2. The number of aromatic amines is 1. The molecule has 0 amide bonds. The van der Waals surface area contributed by atoms with Crippen molar-refractivity contribution in [2.24, 2.45) is 7.05 Å². The summed E-state index contributed by atoms with van der Waals surface area (Å²) < 4.78 is 1.55. The predicted octanol–water partition coefficient (Wildman–Crippen LogP) is 1.26. The lowest BCUT2D eigenvalue weighted by Gasteiger charge is -2.13. The third-order valence-electron chi connectivity index (χ3n) is 3.52. The second-order valence-electron chi connectivity index (χ2n) is 5.13. The first-order valence-corrected chi connectivity index (χ1v) is 7.04. The Labute approximate surface area is 119 Å². The number of benzene rings is 1. The van der Waals surface area contributed by atoms with Crippen molar-refractivity contribution in [2.75, 3.05) is 6.54 Å². The van der Waals surface area contributed by atoms with Gasteiger partial charge in [0.1, 0.15) is 5.82 Å². The molecular formula is C15H22N4O. The maximum Gasteiger partial charge on any atom is 0.343 e. The second-order valence-corrected chi connectivity index (χ2v) is 5.13. The molecule has 2 N–H and O–H groups in total. The molecule has 1 aromatic carbocycles. The number of H-pyrrole nitrogens is 1. The van der Waals surface area contributed by atoms with E-state index in [1.807, 2.05) is 6.07 Å². The highest BCUT2D eigenvalue weighted by Crippen LogP contribution is 2.04. The number of rotatable bonds is 7. The maximum atomic E-state index is 11.2. The first kappa shape index (κ1) is 14.5. The molecule has 5 heteroatoms. The topological polar surface area (TPSA) is 62.7 Å². The van der Waals surface area contributed by atoms with Crippen molar-refractivity contribution >= 4 is 0 Å². The van der Waals surface area contributed by atoms with Crippen molar-refractivity contribution < 1.29 is 0 Å². The molecule has 2 rings (SSSR count). The van der Waals surface area contributed by atoms with Crippen molar-refractivity contribution in [3.05, 3.63) is 52.2 Å². The molecule has 108 valence electrons. The Kier molecular flexibility index (Phi) is 5.12. The van der Waals surface area contributed by atoms with Gasteiger partial charge >= 0.3 is 5.69 Å². The van der Waals surface area contributed by atoms with Crippen molar-refractivity contribution in [1.82, 2.24) is 20.1 Å². The number of aromatic nitrogens is 3. The van der Waals surface area contributed by atoms with Gasteiger partial charge in [0.15, 0.2) is 0 Å². The van der Waals surface area contributed by atoms with Crippen LogP contribution in [0.5, 0.6) is 0 Å². The smallest absolute Gasteiger partial charge is 0.314 e. The van der Waals surface area contributed by atoms with E-state index in [2.05, 4.69) is 46.7 Å². The molecule has 0 spiro atoms. The zero-order valence-electron chi connectivity index (χ0n) is 12.1. The van der Waals surface area contributed by atoms with E-state index >= 15 is 0 Å². The van der Waals surface area contributed by atoms with Gasteiger partial charge in [0.05, 0.1) is 0 Å². The average Bonchev–Trinajstić information content (AvgIpc) is 2.78. The van der Waals surface area contributed by atoms with E-state index in [1.165, 1.54) is 5.56 Å². The van der Waals surface area contributed by atoms with Gasteiger partial charge < -0.3 is 5.32 Å². The molecule has 0 unspecified atom stereocenters. The number of aryl methyl sites for hydroxylation is 1. The van der Waals surface area contributed by atoms with E-state index in [1.54, 1.807) is 11.6 Å². The zero-order chi connectivity index (χ0) is 14.4. The summed E-state index contributed by atoms with van der Waals surface area (Å²) in [5, 5.41) is 9.91. The number of hydrogen-bond acceptors (Lipinski definition) is 3. The van der Waals surface area contributed by atoms with Gasteiger partial charge in [-0.25, -0.2) is 9.89 Å². The standard InChI is InChI=1S/C15H22N4O/c1-12(8-9-13-6-4-3-5-7-13)16-11-10-14-17-18-15(20)19(14)2/h3-7,12,16H,8-11H2,1-2H3,(H,18,20)/t12-/m0/s1. The normalized spacial score (nSPS) is 12.5. The Hall–Kier alpha value is -1.88. The Bertz CT molecular complexity index is 573. The molecule has 0 bridgehead atoms. The van der Waals surface area contributed by atoms with Gasteiger partial charge in [-0.05, 0) is 25.3 Å². The molecular weight excluding hydrogens is 252 g/mol. The van der Waals surface area contributed by atoms with Gasteiger partial charge in [0.2, 0.25) is 0 Å². The number of hydrogen-bond donors (Lipinski definition) is 2. The third kappa shape index (κ3) is 4.06. The van der Waals surface area contributed by atoms with Crippen LogP contribution in [0, 0.1) is 0 Å². The first-order chi connectivity index (χ1) is 9.66. The summed E-state index contributed by atoms with van der Waals surface area (Å²) in [6, 6.07) is 11.0. The molecule has 0 aliphatic rings. The van der Waals surface area contributed by atoms with E-state index in [0.29, 0.717) is 6.04 Å². The van der Waals surface area contributed by atoms with E-state index in [9.17, 15) is 4.79 Å². The van der Waals surface area contributed by atoms with Crippen LogP contribution >= 0.6 is 0 Å². The van der Waals surface area contributed by atoms with Crippen LogP contribution in [0.3, 0.4) is 0 Å². The van der Waals surface area contributed by atoms with Gasteiger partial charge in [0.25, 0.3) is 0 Å². The molecule has 2 aromatic rings. The SMILES string of the molecule is C[C@@H](CCc1ccccc1)NCCc1n[nH]c(=O)n1C. The predicted molar refractivity (Wildman–Crippen MR) is 79.8 cm³/mol. The van der Waals surface area contributed by atoms with Crippen molar-refractivity contribution in [3.8, 4) is 0 Å². The minimum Gasteiger partial charge on any atom is -0.314 e. The summed E-state index contributed by atoms with van der Waals surface area (Å²) in [5.74, 6) is 0.790. The van der Waals surface area contributed by atoms with Crippen molar-refractivity contribution in [3.63, 3.8) is 0 Å². The molecule has 0 aliphatic carbocycles. The van der Waals surface area contributed by atoms with E-state index < -0.39 is 0 Å². The molecule has 0 saturated heterocycles. The van der Waals surface area contributed by atoms with Crippen LogP contribution in [0.25, 0.3) is 0 Å². The van der Waals surface area contributed by atoms with Gasteiger partial charge in [-0.1, -0.05) is 30.3 Å². The van der Waals surface area contributed by atoms with E-state index in [0.717, 1.165) is 31.6 Å². The summed E-state index contributed by atoms with van der Waals surface area (Å²) in [5.41, 5.74) is 1.22. The zero-order valence-corrected chi connectivity index (χ0v) is 12.1. The molecule has 1 heterocycles. The third-order valence-corrected chi connectivity index (χ3v) is 3.52. The highest BCUT2D eigenvalue weighted by molar-refractivity contribution is 5.14.